The predicted octanol–water partition coefficient (Wildman–Crippen LogP) is 1.05. The van der Waals surface area contributed by atoms with Crippen molar-refractivity contribution in [3.63, 3.8) is 0 Å². The van der Waals surface area contributed by atoms with E-state index in [0.29, 0.717) is 24.5 Å². The van der Waals surface area contributed by atoms with Crippen molar-refractivity contribution in [3.05, 3.63) is 0 Å². The number of carbonyl (C=O) groups is 1. The lowest BCUT2D eigenvalue weighted by Crippen LogP contribution is -2.50. The summed E-state index contributed by atoms with van der Waals surface area (Å²) in [5, 5.41) is 6.13. The highest BCUT2D eigenvalue weighted by atomic mass is 16.5. The van der Waals surface area contributed by atoms with Gasteiger partial charge in [-0.25, -0.2) is 0 Å². The van der Waals surface area contributed by atoms with Crippen LogP contribution in [0, 0.1) is 5.41 Å². The Hall–Kier alpha value is -1.10. The molecule has 1 saturated carbocycles. The second-order valence-electron chi connectivity index (χ2n) is 6.05. The number of guanidine groups is 1. The maximum atomic E-state index is 12.1. The maximum absolute atomic E-state index is 12.1. The highest BCUT2D eigenvalue weighted by Crippen LogP contribution is 2.41. The van der Waals surface area contributed by atoms with Gasteiger partial charge < -0.3 is 10.1 Å². The van der Waals surface area contributed by atoms with Crippen molar-refractivity contribution in [3.8, 4) is 0 Å². The fraction of sp³-hybridized carbons (Fsp3) is 0.846. The number of nitrogens with zero attached hydrogens (tertiary/aromatic N) is 1. The van der Waals surface area contributed by atoms with Crippen LogP contribution >= 0.6 is 0 Å². The molecule has 0 aromatic carbocycles. The van der Waals surface area contributed by atoms with Crippen LogP contribution in [0.2, 0.25) is 0 Å². The normalized spacial score (nSPS) is 27.3. The molecule has 1 heterocycles. The smallest absolute Gasteiger partial charge is 0.252 e. The van der Waals surface area contributed by atoms with Gasteiger partial charge >= 0.3 is 0 Å². The summed E-state index contributed by atoms with van der Waals surface area (Å²) < 4.78 is 4.95. The van der Waals surface area contributed by atoms with E-state index >= 15 is 0 Å². The molecule has 102 valence electrons. The molecule has 1 aliphatic heterocycles. The molecule has 2 N–H and O–H groups in total. The zero-order valence-corrected chi connectivity index (χ0v) is 11.5. The number of amides is 1. The molecule has 0 aromatic heterocycles. The molecule has 1 amide bonds. The van der Waals surface area contributed by atoms with Crippen LogP contribution in [0.4, 0.5) is 0 Å². The fourth-order valence-electron chi connectivity index (χ4n) is 2.58. The minimum Gasteiger partial charge on any atom is -0.383 e. The van der Waals surface area contributed by atoms with Crippen LogP contribution in [0.3, 0.4) is 0 Å². The number of methoxy groups -OCH3 is 1. The van der Waals surface area contributed by atoms with E-state index in [2.05, 4.69) is 29.5 Å². The van der Waals surface area contributed by atoms with Crippen molar-refractivity contribution in [2.75, 3.05) is 20.3 Å². The van der Waals surface area contributed by atoms with Gasteiger partial charge in [-0.3, -0.25) is 15.1 Å². The SMILES string of the molecule is COCCN=C1NC(=O)C2(CCC(C)(C)CC2)N1. The van der Waals surface area contributed by atoms with Gasteiger partial charge in [0.2, 0.25) is 0 Å². The van der Waals surface area contributed by atoms with Crippen LogP contribution in [0.5, 0.6) is 0 Å². The van der Waals surface area contributed by atoms with Crippen molar-refractivity contribution in [1.82, 2.24) is 10.6 Å². The predicted molar refractivity (Wildman–Crippen MR) is 70.4 cm³/mol. The molecule has 0 atom stereocenters. The fourth-order valence-corrected chi connectivity index (χ4v) is 2.58. The molecule has 2 aliphatic rings. The van der Waals surface area contributed by atoms with E-state index in [1.165, 1.54) is 0 Å². The topological polar surface area (TPSA) is 62.7 Å². The van der Waals surface area contributed by atoms with Gasteiger partial charge in [-0.1, -0.05) is 13.8 Å². The summed E-state index contributed by atoms with van der Waals surface area (Å²) in [4.78, 5) is 16.4. The minimum absolute atomic E-state index is 0.0779. The van der Waals surface area contributed by atoms with E-state index in [1.807, 2.05) is 0 Å². The number of carbonyl (C=O) groups excluding carboxylic acids is 1. The zero-order valence-electron chi connectivity index (χ0n) is 11.5. The van der Waals surface area contributed by atoms with Crippen LogP contribution in [0.15, 0.2) is 4.99 Å². The first-order chi connectivity index (χ1) is 8.47. The van der Waals surface area contributed by atoms with Gasteiger partial charge in [0.15, 0.2) is 5.96 Å². The molecule has 2 rings (SSSR count). The van der Waals surface area contributed by atoms with Gasteiger partial charge in [0.1, 0.15) is 5.54 Å². The van der Waals surface area contributed by atoms with E-state index in [4.69, 9.17) is 4.74 Å². The Morgan fingerprint density at radius 3 is 2.56 bits per heavy atom. The molecule has 0 bridgehead atoms. The van der Waals surface area contributed by atoms with E-state index in [9.17, 15) is 4.79 Å². The monoisotopic (exact) mass is 253 g/mol. The van der Waals surface area contributed by atoms with Gasteiger partial charge in [-0.05, 0) is 31.1 Å². The summed E-state index contributed by atoms with van der Waals surface area (Å²) in [5.74, 6) is 0.686. The van der Waals surface area contributed by atoms with Crippen LogP contribution < -0.4 is 10.6 Å². The molecule has 0 unspecified atom stereocenters. The van der Waals surface area contributed by atoms with Gasteiger partial charge in [0.25, 0.3) is 5.91 Å². The summed E-state index contributed by atoms with van der Waals surface area (Å²) in [5.41, 5.74) is -0.0649. The molecule has 2 fully saturated rings. The van der Waals surface area contributed by atoms with Crippen molar-refractivity contribution < 1.29 is 9.53 Å². The molecule has 5 nitrogen and oxygen atoms in total. The van der Waals surface area contributed by atoms with Crippen LogP contribution in [0.1, 0.15) is 39.5 Å². The molecular formula is C13H23N3O2. The highest BCUT2D eigenvalue weighted by molar-refractivity contribution is 6.09. The van der Waals surface area contributed by atoms with E-state index in [-0.39, 0.29) is 5.91 Å². The third kappa shape index (κ3) is 2.66. The second-order valence-corrected chi connectivity index (χ2v) is 6.05. The lowest BCUT2D eigenvalue weighted by atomic mass is 9.69. The van der Waals surface area contributed by atoms with Crippen molar-refractivity contribution in [2.45, 2.75) is 45.1 Å². The summed E-state index contributed by atoms with van der Waals surface area (Å²) in [6.45, 7) is 5.67. The summed E-state index contributed by atoms with van der Waals surface area (Å²) in [7, 11) is 1.64. The number of hydrogen-bond donors (Lipinski definition) is 2. The van der Waals surface area contributed by atoms with Crippen LogP contribution in [-0.2, 0) is 9.53 Å². The van der Waals surface area contributed by atoms with E-state index in [1.54, 1.807) is 7.11 Å². The van der Waals surface area contributed by atoms with Gasteiger partial charge in [-0.2, -0.15) is 0 Å². The molecule has 5 heteroatoms. The largest absolute Gasteiger partial charge is 0.383 e. The highest BCUT2D eigenvalue weighted by Gasteiger charge is 2.48. The molecule has 18 heavy (non-hydrogen) atoms. The lowest BCUT2D eigenvalue weighted by molar-refractivity contribution is -0.125. The van der Waals surface area contributed by atoms with Gasteiger partial charge in [0, 0.05) is 7.11 Å². The van der Waals surface area contributed by atoms with Crippen molar-refractivity contribution >= 4 is 11.9 Å². The first kappa shape index (κ1) is 13.3. The Balaban J connectivity index is 1.99. The molecule has 1 saturated heterocycles. The third-order valence-corrected chi connectivity index (χ3v) is 4.05. The summed E-state index contributed by atoms with van der Waals surface area (Å²) in [6.07, 6.45) is 3.90. The number of nitrogens with one attached hydrogen (secondary N) is 2. The van der Waals surface area contributed by atoms with Gasteiger partial charge in [-0.15, -0.1) is 0 Å². The average molecular weight is 253 g/mol. The molecular weight excluding hydrogens is 230 g/mol. The summed E-state index contributed by atoms with van der Waals surface area (Å²) in [6, 6.07) is 0. The molecule has 1 aliphatic carbocycles. The number of hydrogen-bond acceptors (Lipinski definition) is 3. The number of rotatable bonds is 3. The minimum atomic E-state index is -0.415. The first-order valence-corrected chi connectivity index (χ1v) is 6.61. The van der Waals surface area contributed by atoms with E-state index in [0.717, 1.165) is 25.7 Å². The van der Waals surface area contributed by atoms with Crippen LogP contribution in [-0.4, -0.2) is 37.7 Å². The zero-order chi connectivity index (χ0) is 13.2. The number of aliphatic imine (C=N–C) groups is 1. The second kappa shape index (κ2) is 4.88. The van der Waals surface area contributed by atoms with Crippen LogP contribution in [0.25, 0.3) is 0 Å². The van der Waals surface area contributed by atoms with Crippen molar-refractivity contribution in [1.29, 1.82) is 0 Å². The Labute approximate surface area is 108 Å². The molecule has 1 spiro atoms. The first-order valence-electron chi connectivity index (χ1n) is 6.61. The Bertz CT molecular complexity index is 353. The average Bonchev–Trinajstić information content (AvgIpc) is 2.61. The summed E-state index contributed by atoms with van der Waals surface area (Å²) >= 11 is 0. The Morgan fingerprint density at radius 1 is 1.28 bits per heavy atom. The van der Waals surface area contributed by atoms with Crippen molar-refractivity contribution in [2.24, 2.45) is 10.4 Å². The molecule has 0 radical (unpaired) electrons. The standard InChI is InChI=1S/C13H23N3O2/c1-12(2)4-6-13(7-5-12)10(17)15-11(16-13)14-8-9-18-3/h4-9H2,1-3H3,(H2,14,15,16,17). The number of ether oxygens (including phenoxy) is 1. The Kier molecular flexibility index (Phi) is 3.61. The quantitative estimate of drug-likeness (QED) is 0.739. The van der Waals surface area contributed by atoms with E-state index < -0.39 is 5.54 Å². The maximum Gasteiger partial charge on any atom is 0.252 e. The lowest BCUT2D eigenvalue weighted by Gasteiger charge is -2.39. The van der Waals surface area contributed by atoms with Gasteiger partial charge in [0.05, 0.1) is 13.2 Å². The Morgan fingerprint density at radius 2 is 1.94 bits per heavy atom. The molecule has 0 aromatic rings. The third-order valence-electron chi connectivity index (χ3n) is 4.05.